The number of nitrogens with zero attached hydrogens (tertiary/aromatic N) is 2. The van der Waals surface area contributed by atoms with E-state index in [0.717, 1.165) is 44.3 Å². The van der Waals surface area contributed by atoms with E-state index >= 15 is 0 Å². The van der Waals surface area contributed by atoms with Gasteiger partial charge in [0.1, 0.15) is 6.04 Å². The van der Waals surface area contributed by atoms with Gasteiger partial charge in [0.05, 0.1) is 0 Å². The monoisotopic (exact) mass is 371 g/mol. The van der Waals surface area contributed by atoms with Gasteiger partial charge in [-0.05, 0) is 52.3 Å². The Morgan fingerprint density at radius 2 is 1.63 bits per heavy atom. The zero-order chi connectivity index (χ0) is 19.4. The van der Waals surface area contributed by atoms with Gasteiger partial charge in [0, 0.05) is 25.0 Å². The van der Waals surface area contributed by atoms with Crippen molar-refractivity contribution in [2.75, 3.05) is 27.2 Å². The first kappa shape index (κ1) is 19.9. The lowest BCUT2D eigenvalue weighted by Gasteiger charge is -2.35. The van der Waals surface area contributed by atoms with Gasteiger partial charge in [-0.1, -0.05) is 42.7 Å². The molecule has 2 fully saturated rings. The maximum absolute atomic E-state index is 12.9. The first-order chi connectivity index (χ1) is 13.0. The van der Waals surface area contributed by atoms with E-state index in [2.05, 4.69) is 12.2 Å². The van der Waals surface area contributed by atoms with E-state index in [4.69, 9.17) is 0 Å². The molecule has 148 valence electrons. The quantitative estimate of drug-likeness (QED) is 0.866. The van der Waals surface area contributed by atoms with Crippen molar-refractivity contribution >= 4 is 11.8 Å². The Labute approximate surface area is 163 Å². The minimum atomic E-state index is -0.288. The summed E-state index contributed by atoms with van der Waals surface area (Å²) in [6.07, 6.45) is 6.17. The van der Waals surface area contributed by atoms with Crippen LogP contribution in [0.5, 0.6) is 0 Å². The third kappa shape index (κ3) is 4.89. The number of likely N-dealkylation sites (tertiary alicyclic amines) is 1. The fourth-order valence-corrected chi connectivity index (χ4v) is 4.39. The van der Waals surface area contributed by atoms with Crippen molar-refractivity contribution < 1.29 is 9.59 Å². The van der Waals surface area contributed by atoms with Gasteiger partial charge < -0.3 is 10.2 Å². The Balaban J connectivity index is 1.54. The zero-order valence-electron chi connectivity index (χ0n) is 16.9. The average Bonchev–Trinajstić information content (AvgIpc) is 3.18. The first-order valence-electron chi connectivity index (χ1n) is 10.3. The number of likely N-dealkylation sites (N-methyl/N-ethyl adjacent to an activating group) is 1. The molecule has 5 heteroatoms. The standard InChI is InChI=1S/C22H33N3O2/c1-16-8-10-17(11-9-16)20(24(2)3)21(26)23-19-12-14-25(15-13-19)22(27)18-6-4-5-7-18/h8-11,18-20H,4-7,12-15H2,1-3H3,(H,23,26)/t20-/m0/s1. The molecule has 2 aliphatic rings. The molecule has 2 amide bonds. The third-order valence-corrected chi connectivity index (χ3v) is 6.02. The number of hydrogen-bond acceptors (Lipinski definition) is 3. The average molecular weight is 372 g/mol. The molecule has 27 heavy (non-hydrogen) atoms. The molecule has 1 atom stereocenters. The second-order valence-corrected chi connectivity index (χ2v) is 8.37. The molecule has 1 aliphatic carbocycles. The summed E-state index contributed by atoms with van der Waals surface area (Å²) in [4.78, 5) is 29.5. The summed E-state index contributed by atoms with van der Waals surface area (Å²) >= 11 is 0. The summed E-state index contributed by atoms with van der Waals surface area (Å²) in [7, 11) is 3.87. The van der Waals surface area contributed by atoms with Gasteiger partial charge in [0.25, 0.3) is 0 Å². The van der Waals surface area contributed by atoms with Crippen molar-refractivity contribution in [3.63, 3.8) is 0 Å². The van der Waals surface area contributed by atoms with Crippen LogP contribution in [-0.2, 0) is 9.59 Å². The highest BCUT2D eigenvalue weighted by Gasteiger charge is 2.31. The number of nitrogens with one attached hydrogen (secondary N) is 1. The number of carbonyl (C=O) groups excluding carboxylic acids is 2. The van der Waals surface area contributed by atoms with E-state index in [0.29, 0.717) is 5.91 Å². The number of piperidine rings is 1. The normalized spacial score (nSPS) is 20.1. The predicted molar refractivity (Wildman–Crippen MR) is 107 cm³/mol. The summed E-state index contributed by atoms with van der Waals surface area (Å²) < 4.78 is 0. The smallest absolute Gasteiger partial charge is 0.242 e. The molecule has 1 aromatic rings. The van der Waals surface area contributed by atoms with Crippen LogP contribution in [0.4, 0.5) is 0 Å². The van der Waals surface area contributed by atoms with Gasteiger partial charge in [-0.2, -0.15) is 0 Å². The summed E-state index contributed by atoms with van der Waals surface area (Å²) in [5.74, 6) is 0.628. The van der Waals surface area contributed by atoms with Gasteiger partial charge in [0.15, 0.2) is 0 Å². The SMILES string of the molecule is Cc1ccc([C@@H](C(=O)NC2CCN(C(=O)C3CCCC3)CC2)N(C)C)cc1. The maximum atomic E-state index is 12.9. The number of aryl methyl sites for hydroxylation is 1. The van der Waals surface area contributed by atoms with Crippen LogP contribution in [0.1, 0.15) is 55.7 Å². The third-order valence-electron chi connectivity index (χ3n) is 6.02. The van der Waals surface area contributed by atoms with Crippen LogP contribution in [0.3, 0.4) is 0 Å². The predicted octanol–water partition coefficient (Wildman–Crippen LogP) is 2.90. The first-order valence-corrected chi connectivity index (χ1v) is 10.3. The molecule has 1 saturated heterocycles. The fourth-order valence-electron chi connectivity index (χ4n) is 4.39. The molecule has 0 spiro atoms. The van der Waals surface area contributed by atoms with Crippen LogP contribution in [0, 0.1) is 12.8 Å². The Bertz CT molecular complexity index is 642. The molecular formula is C22H33N3O2. The summed E-state index contributed by atoms with van der Waals surface area (Å²) in [6.45, 7) is 3.57. The number of hydrogen-bond donors (Lipinski definition) is 1. The Kier molecular flexibility index (Phi) is 6.53. The highest BCUT2D eigenvalue weighted by atomic mass is 16.2. The molecule has 1 heterocycles. The van der Waals surface area contributed by atoms with Crippen molar-refractivity contribution in [1.82, 2.24) is 15.1 Å². The largest absolute Gasteiger partial charge is 0.352 e. The van der Waals surface area contributed by atoms with Crippen LogP contribution >= 0.6 is 0 Å². The number of benzene rings is 1. The van der Waals surface area contributed by atoms with Crippen molar-refractivity contribution in [3.8, 4) is 0 Å². The highest BCUT2D eigenvalue weighted by Crippen LogP contribution is 2.28. The molecule has 1 saturated carbocycles. The van der Waals surface area contributed by atoms with E-state index in [-0.39, 0.29) is 23.9 Å². The second-order valence-electron chi connectivity index (χ2n) is 8.37. The lowest BCUT2D eigenvalue weighted by atomic mass is 9.99. The molecule has 3 rings (SSSR count). The molecule has 1 aliphatic heterocycles. The van der Waals surface area contributed by atoms with Crippen LogP contribution in [0.25, 0.3) is 0 Å². The summed E-state index contributed by atoms with van der Waals surface area (Å²) in [6, 6.07) is 8.02. The van der Waals surface area contributed by atoms with Gasteiger partial charge in [-0.15, -0.1) is 0 Å². The summed E-state index contributed by atoms with van der Waals surface area (Å²) in [5, 5.41) is 3.22. The molecule has 1 N–H and O–H groups in total. The number of amides is 2. The number of rotatable bonds is 5. The summed E-state index contributed by atoms with van der Waals surface area (Å²) in [5.41, 5.74) is 2.20. The fraction of sp³-hybridized carbons (Fsp3) is 0.636. The van der Waals surface area contributed by atoms with Crippen LogP contribution in [-0.4, -0.2) is 54.8 Å². The molecule has 1 aromatic carbocycles. The van der Waals surface area contributed by atoms with E-state index in [9.17, 15) is 9.59 Å². The number of carbonyl (C=O) groups is 2. The zero-order valence-corrected chi connectivity index (χ0v) is 16.9. The molecule has 0 aromatic heterocycles. The Hall–Kier alpha value is -1.88. The van der Waals surface area contributed by atoms with E-state index in [1.165, 1.54) is 18.4 Å². The van der Waals surface area contributed by atoms with E-state index in [1.54, 1.807) is 0 Å². The van der Waals surface area contributed by atoms with Crippen molar-refractivity contribution in [2.24, 2.45) is 5.92 Å². The minimum Gasteiger partial charge on any atom is -0.352 e. The molecule has 5 nitrogen and oxygen atoms in total. The van der Waals surface area contributed by atoms with Gasteiger partial charge >= 0.3 is 0 Å². The van der Waals surface area contributed by atoms with Gasteiger partial charge in [-0.25, -0.2) is 0 Å². The molecule has 0 unspecified atom stereocenters. The van der Waals surface area contributed by atoms with Crippen molar-refractivity contribution in [2.45, 2.75) is 57.5 Å². The molecule has 0 radical (unpaired) electrons. The Morgan fingerprint density at radius 1 is 1.04 bits per heavy atom. The molecular weight excluding hydrogens is 338 g/mol. The lowest BCUT2D eigenvalue weighted by Crippen LogP contribution is -2.49. The Morgan fingerprint density at radius 3 is 2.19 bits per heavy atom. The minimum absolute atomic E-state index is 0.0458. The van der Waals surface area contributed by atoms with Crippen LogP contribution < -0.4 is 5.32 Å². The van der Waals surface area contributed by atoms with Gasteiger partial charge in [0.2, 0.25) is 11.8 Å². The van der Waals surface area contributed by atoms with Crippen LogP contribution in [0.15, 0.2) is 24.3 Å². The lowest BCUT2D eigenvalue weighted by molar-refractivity contribution is -0.136. The second kappa shape index (κ2) is 8.87. The van der Waals surface area contributed by atoms with E-state index < -0.39 is 0 Å². The van der Waals surface area contributed by atoms with Crippen molar-refractivity contribution in [3.05, 3.63) is 35.4 Å². The maximum Gasteiger partial charge on any atom is 0.242 e. The van der Waals surface area contributed by atoms with E-state index in [1.807, 2.05) is 48.2 Å². The molecule has 0 bridgehead atoms. The van der Waals surface area contributed by atoms with Gasteiger partial charge in [-0.3, -0.25) is 14.5 Å². The highest BCUT2D eigenvalue weighted by molar-refractivity contribution is 5.83. The van der Waals surface area contributed by atoms with Crippen LogP contribution in [0.2, 0.25) is 0 Å². The topological polar surface area (TPSA) is 52.7 Å². The van der Waals surface area contributed by atoms with Crippen molar-refractivity contribution in [1.29, 1.82) is 0 Å².